The standard InChI is InChI=1S/C16H26N2O3/c1-11(2)14-16(20)17-8-4-3-7-13(17)15(19)18(14)12-6-5-9-21-10-12/h11-14H,3-10H2,1-2H3. The van der Waals surface area contributed by atoms with E-state index in [1.807, 2.05) is 23.6 Å². The van der Waals surface area contributed by atoms with Gasteiger partial charge in [0.25, 0.3) is 0 Å². The van der Waals surface area contributed by atoms with Gasteiger partial charge < -0.3 is 14.5 Å². The number of ether oxygens (including phenoxy) is 1. The van der Waals surface area contributed by atoms with E-state index in [0.717, 1.165) is 45.3 Å². The highest BCUT2D eigenvalue weighted by atomic mass is 16.5. The molecule has 0 bridgehead atoms. The molecule has 0 saturated carbocycles. The predicted octanol–water partition coefficient (Wildman–Crippen LogP) is 1.41. The Hall–Kier alpha value is -1.10. The second-order valence-electron chi connectivity index (χ2n) is 6.85. The summed E-state index contributed by atoms with van der Waals surface area (Å²) < 4.78 is 5.56. The van der Waals surface area contributed by atoms with Crippen LogP contribution in [0.3, 0.4) is 0 Å². The highest BCUT2D eigenvalue weighted by Crippen LogP contribution is 2.32. The molecule has 2 amide bonds. The molecule has 3 heterocycles. The normalized spacial score (nSPS) is 34.3. The Bertz CT molecular complexity index is 418. The molecular weight excluding hydrogens is 268 g/mol. The van der Waals surface area contributed by atoms with Crippen LogP contribution in [-0.2, 0) is 14.3 Å². The first-order chi connectivity index (χ1) is 10.1. The van der Waals surface area contributed by atoms with Crippen molar-refractivity contribution in [2.75, 3.05) is 19.8 Å². The second-order valence-corrected chi connectivity index (χ2v) is 6.85. The molecule has 3 aliphatic heterocycles. The van der Waals surface area contributed by atoms with Crippen molar-refractivity contribution < 1.29 is 14.3 Å². The third-order valence-corrected chi connectivity index (χ3v) is 5.04. The van der Waals surface area contributed by atoms with Crippen LogP contribution in [0.5, 0.6) is 0 Å². The smallest absolute Gasteiger partial charge is 0.246 e. The minimum absolute atomic E-state index is 0.0756. The first kappa shape index (κ1) is 14.8. The van der Waals surface area contributed by atoms with E-state index in [2.05, 4.69) is 0 Å². The monoisotopic (exact) mass is 294 g/mol. The molecule has 0 radical (unpaired) electrons. The zero-order valence-corrected chi connectivity index (χ0v) is 13.1. The molecule has 5 nitrogen and oxygen atoms in total. The van der Waals surface area contributed by atoms with Crippen LogP contribution in [0.25, 0.3) is 0 Å². The molecule has 3 atom stereocenters. The highest BCUT2D eigenvalue weighted by Gasteiger charge is 2.49. The van der Waals surface area contributed by atoms with Crippen LogP contribution in [0.2, 0.25) is 0 Å². The fourth-order valence-corrected chi connectivity index (χ4v) is 4.01. The van der Waals surface area contributed by atoms with Gasteiger partial charge in [0.1, 0.15) is 12.1 Å². The SMILES string of the molecule is CC(C)C1C(=O)N2CCCCC2C(=O)N1C1CCCOC1. The summed E-state index contributed by atoms with van der Waals surface area (Å²) in [5, 5.41) is 0. The molecule has 0 spiro atoms. The molecule has 3 fully saturated rings. The molecule has 3 rings (SSSR count). The summed E-state index contributed by atoms with van der Waals surface area (Å²) in [6.07, 6.45) is 4.81. The topological polar surface area (TPSA) is 49.9 Å². The van der Waals surface area contributed by atoms with Gasteiger partial charge in [-0.2, -0.15) is 0 Å². The van der Waals surface area contributed by atoms with Gasteiger partial charge in [-0.25, -0.2) is 0 Å². The quantitative estimate of drug-likeness (QED) is 0.774. The van der Waals surface area contributed by atoms with Gasteiger partial charge in [-0.1, -0.05) is 13.8 Å². The summed E-state index contributed by atoms with van der Waals surface area (Å²) in [5.74, 6) is 0.453. The van der Waals surface area contributed by atoms with Crippen LogP contribution in [0, 0.1) is 5.92 Å². The van der Waals surface area contributed by atoms with E-state index in [1.165, 1.54) is 0 Å². The lowest BCUT2D eigenvalue weighted by molar-refractivity contribution is -0.171. The number of fused-ring (bicyclic) bond motifs is 1. The van der Waals surface area contributed by atoms with Crippen molar-refractivity contribution in [3.8, 4) is 0 Å². The maximum atomic E-state index is 13.0. The van der Waals surface area contributed by atoms with Crippen molar-refractivity contribution >= 4 is 11.8 Å². The van der Waals surface area contributed by atoms with E-state index in [1.54, 1.807) is 0 Å². The Morgan fingerprint density at radius 2 is 1.90 bits per heavy atom. The molecule has 3 saturated heterocycles. The molecule has 3 unspecified atom stereocenters. The van der Waals surface area contributed by atoms with Crippen molar-refractivity contribution in [3.05, 3.63) is 0 Å². The van der Waals surface area contributed by atoms with Crippen molar-refractivity contribution in [1.29, 1.82) is 0 Å². The molecule has 21 heavy (non-hydrogen) atoms. The van der Waals surface area contributed by atoms with Gasteiger partial charge in [0.05, 0.1) is 12.6 Å². The van der Waals surface area contributed by atoms with E-state index >= 15 is 0 Å². The van der Waals surface area contributed by atoms with Crippen LogP contribution in [0.4, 0.5) is 0 Å². The molecule has 0 N–H and O–H groups in total. The summed E-state index contributed by atoms with van der Waals surface area (Å²) in [7, 11) is 0. The number of nitrogens with zero attached hydrogens (tertiary/aromatic N) is 2. The number of carbonyl (C=O) groups excluding carboxylic acids is 2. The fraction of sp³-hybridized carbons (Fsp3) is 0.875. The van der Waals surface area contributed by atoms with Crippen LogP contribution in [0.15, 0.2) is 0 Å². The Kier molecular flexibility index (Phi) is 4.20. The van der Waals surface area contributed by atoms with Gasteiger partial charge in [0.15, 0.2) is 0 Å². The van der Waals surface area contributed by atoms with Crippen molar-refractivity contribution in [2.45, 2.75) is 64.1 Å². The Morgan fingerprint density at radius 3 is 2.57 bits per heavy atom. The number of hydrogen-bond donors (Lipinski definition) is 0. The maximum Gasteiger partial charge on any atom is 0.246 e. The first-order valence-corrected chi connectivity index (χ1v) is 8.31. The zero-order valence-electron chi connectivity index (χ0n) is 13.1. The largest absolute Gasteiger partial charge is 0.379 e. The fourth-order valence-electron chi connectivity index (χ4n) is 4.01. The van der Waals surface area contributed by atoms with Gasteiger partial charge in [-0.15, -0.1) is 0 Å². The van der Waals surface area contributed by atoms with Gasteiger partial charge in [0.2, 0.25) is 11.8 Å². The van der Waals surface area contributed by atoms with Crippen LogP contribution >= 0.6 is 0 Å². The second kappa shape index (κ2) is 5.95. The van der Waals surface area contributed by atoms with Crippen molar-refractivity contribution in [2.24, 2.45) is 5.92 Å². The predicted molar refractivity (Wildman–Crippen MR) is 78.7 cm³/mol. The number of hydrogen-bond acceptors (Lipinski definition) is 3. The minimum Gasteiger partial charge on any atom is -0.379 e. The Labute approximate surface area is 126 Å². The molecule has 0 aromatic rings. The summed E-state index contributed by atoms with van der Waals surface area (Å²) in [6, 6.07) is -0.451. The molecule has 3 aliphatic rings. The summed E-state index contributed by atoms with van der Waals surface area (Å²) in [4.78, 5) is 29.6. The number of amides is 2. The van der Waals surface area contributed by atoms with E-state index in [0.29, 0.717) is 6.61 Å². The van der Waals surface area contributed by atoms with Gasteiger partial charge in [-0.3, -0.25) is 9.59 Å². The third kappa shape index (κ3) is 2.56. The number of rotatable bonds is 2. The lowest BCUT2D eigenvalue weighted by Crippen LogP contribution is -2.69. The Balaban J connectivity index is 1.90. The van der Waals surface area contributed by atoms with Gasteiger partial charge in [0, 0.05) is 13.2 Å². The zero-order chi connectivity index (χ0) is 15.0. The van der Waals surface area contributed by atoms with Crippen LogP contribution in [0.1, 0.15) is 46.0 Å². The highest BCUT2D eigenvalue weighted by molar-refractivity contribution is 5.97. The molecule has 5 heteroatoms. The molecule has 0 aromatic carbocycles. The lowest BCUT2D eigenvalue weighted by Gasteiger charge is -2.51. The average Bonchev–Trinajstić information content (AvgIpc) is 2.51. The number of carbonyl (C=O) groups is 2. The number of piperidine rings is 1. The molecule has 0 aliphatic carbocycles. The van der Waals surface area contributed by atoms with Crippen molar-refractivity contribution in [3.63, 3.8) is 0 Å². The van der Waals surface area contributed by atoms with E-state index < -0.39 is 0 Å². The third-order valence-electron chi connectivity index (χ3n) is 5.04. The first-order valence-electron chi connectivity index (χ1n) is 8.31. The molecule has 118 valence electrons. The minimum atomic E-state index is -0.307. The summed E-state index contributed by atoms with van der Waals surface area (Å²) >= 11 is 0. The van der Waals surface area contributed by atoms with Crippen LogP contribution < -0.4 is 0 Å². The molecule has 0 aromatic heterocycles. The number of piperazine rings is 1. The van der Waals surface area contributed by atoms with Crippen molar-refractivity contribution in [1.82, 2.24) is 9.80 Å². The average molecular weight is 294 g/mol. The van der Waals surface area contributed by atoms with E-state index in [9.17, 15) is 9.59 Å². The van der Waals surface area contributed by atoms with E-state index in [4.69, 9.17) is 4.74 Å². The summed E-state index contributed by atoms with van der Waals surface area (Å²) in [6.45, 7) is 6.17. The Morgan fingerprint density at radius 1 is 1.10 bits per heavy atom. The molecular formula is C16H26N2O3. The summed E-state index contributed by atoms with van der Waals surface area (Å²) in [5.41, 5.74) is 0. The maximum absolute atomic E-state index is 13.0. The van der Waals surface area contributed by atoms with Gasteiger partial charge in [-0.05, 0) is 38.0 Å². The van der Waals surface area contributed by atoms with Gasteiger partial charge >= 0.3 is 0 Å². The van der Waals surface area contributed by atoms with E-state index in [-0.39, 0.29) is 35.9 Å². The lowest BCUT2D eigenvalue weighted by atomic mass is 9.88. The van der Waals surface area contributed by atoms with Crippen LogP contribution in [-0.4, -0.2) is 59.5 Å².